The number of carbonyl (C=O) groups is 2. The normalized spacial score (nSPS) is 27.1. The molecular formula is C27H42N2O5. The highest BCUT2D eigenvalue weighted by Crippen LogP contribution is 2.44. The fourth-order valence-electron chi connectivity index (χ4n) is 6.38. The van der Waals surface area contributed by atoms with Crippen LogP contribution >= 0.6 is 0 Å². The second kappa shape index (κ2) is 11.6. The van der Waals surface area contributed by atoms with Gasteiger partial charge in [0.25, 0.3) is 0 Å². The molecule has 0 spiro atoms. The van der Waals surface area contributed by atoms with Gasteiger partial charge in [-0.15, -0.1) is 0 Å². The number of nitrogens with one attached hydrogen (secondary N) is 1. The largest absolute Gasteiger partial charge is 0.481 e. The van der Waals surface area contributed by atoms with Gasteiger partial charge in [-0.25, -0.2) is 0 Å². The van der Waals surface area contributed by atoms with Gasteiger partial charge in [0.1, 0.15) is 0 Å². The summed E-state index contributed by atoms with van der Waals surface area (Å²) in [5.74, 6) is -1.20. The van der Waals surface area contributed by atoms with E-state index in [1.807, 2.05) is 12.1 Å². The van der Waals surface area contributed by atoms with E-state index in [1.54, 1.807) is 13.2 Å². The number of hydrogen-bond acceptors (Lipinski definition) is 5. The summed E-state index contributed by atoms with van der Waals surface area (Å²) in [6.45, 7) is 4.91. The first-order valence-electron chi connectivity index (χ1n) is 12.9. The van der Waals surface area contributed by atoms with E-state index in [0.29, 0.717) is 30.9 Å². The lowest BCUT2D eigenvalue weighted by Gasteiger charge is -2.49. The third kappa shape index (κ3) is 5.64. The fourth-order valence-corrected chi connectivity index (χ4v) is 6.38. The number of aliphatic carboxylic acids is 1. The maximum Gasteiger partial charge on any atom is 0.306 e. The minimum absolute atomic E-state index is 0.00222. The van der Waals surface area contributed by atoms with Gasteiger partial charge in [-0.05, 0) is 87.1 Å². The van der Waals surface area contributed by atoms with Crippen LogP contribution in [0.5, 0.6) is 0 Å². The Bertz CT molecular complexity index is 845. The van der Waals surface area contributed by atoms with E-state index in [1.165, 1.54) is 5.56 Å². The van der Waals surface area contributed by atoms with Crippen LogP contribution in [0.2, 0.25) is 0 Å². The van der Waals surface area contributed by atoms with Crippen molar-refractivity contribution in [2.24, 2.45) is 17.6 Å². The van der Waals surface area contributed by atoms with E-state index in [-0.39, 0.29) is 23.7 Å². The quantitative estimate of drug-likeness (QED) is 0.390. The molecule has 34 heavy (non-hydrogen) atoms. The SMILES string of the molecule is CCC1(CC)c2cc(C(N)=O)ccc2CC(OC)[C@H]1NCCC(C[C@H]1CC[C@H](O)CC1)C(=O)O. The predicted octanol–water partition coefficient (Wildman–Crippen LogP) is 3.40. The minimum atomic E-state index is -0.742. The number of ether oxygens (including phenoxy) is 1. The number of carboxylic acids is 1. The standard InChI is InChI=1S/C27H42N2O5/c1-4-27(5-2)22-15-19(25(28)31)9-8-18(22)16-23(34-3)24(27)29-13-12-20(26(32)33)14-17-6-10-21(30)11-7-17/h8-9,15,17,20-21,23-24,29-30H,4-7,10-14,16H2,1-3H3,(H2,28,31)(H,32,33)/t17-,20?,21-,23?,24-/m1/s1. The summed E-state index contributed by atoms with van der Waals surface area (Å²) in [6.07, 6.45) is 6.76. The molecule has 0 heterocycles. The van der Waals surface area contributed by atoms with Crippen molar-refractivity contribution in [3.63, 3.8) is 0 Å². The first-order valence-corrected chi connectivity index (χ1v) is 12.9. The van der Waals surface area contributed by atoms with E-state index in [0.717, 1.165) is 50.5 Å². The lowest BCUT2D eigenvalue weighted by atomic mass is 9.62. The van der Waals surface area contributed by atoms with Gasteiger partial charge >= 0.3 is 5.97 Å². The molecule has 2 unspecified atom stereocenters. The number of amides is 1. The number of carboxylic acid groups (broad SMARTS) is 1. The van der Waals surface area contributed by atoms with Crippen LogP contribution < -0.4 is 11.1 Å². The van der Waals surface area contributed by atoms with Crippen molar-refractivity contribution in [2.75, 3.05) is 13.7 Å². The molecular weight excluding hydrogens is 432 g/mol. The van der Waals surface area contributed by atoms with Gasteiger partial charge in [-0.2, -0.15) is 0 Å². The molecule has 1 amide bonds. The molecule has 3 atom stereocenters. The molecule has 7 heteroatoms. The smallest absolute Gasteiger partial charge is 0.306 e. The minimum Gasteiger partial charge on any atom is -0.481 e. The van der Waals surface area contributed by atoms with Crippen LogP contribution in [0.15, 0.2) is 18.2 Å². The molecule has 1 fully saturated rings. The summed E-state index contributed by atoms with van der Waals surface area (Å²) in [4.78, 5) is 23.9. The topological polar surface area (TPSA) is 122 Å². The molecule has 7 nitrogen and oxygen atoms in total. The van der Waals surface area contributed by atoms with Crippen LogP contribution in [0.25, 0.3) is 0 Å². The third-order valence-corrected chi connectivity index (χ3v) is 8.52. The average molecular weight is 475 g/mol. The van der Waals surface area contributed by atoms with Crippen molar-refractivity contribution in [1.29, 1.82) is 0 Å². The Labute approximate surface area is 203 Å². The summed E-state index contributed by atoms with van der Waals surface area (Å²) in [5, 5.41) is 23.3. The van der Waals surface area contributed by atoms with Gasteiger partial charge < -0.3 is 26.0 Å². The molecule has 0 radical (unpaired) electrons. The molecule has 3 rings (SSSR count). The highest BCUT2D eigenvalue weighted by molar-refractivity contribution is 5.93. The first kappa shape index (κ1) is 26.6. The van der Waals surface area contributed by atoms with E-state index >= 15 is 0 Å². The second-order valence-corrected chi connectivity index (χ2v) is 10.2. The Balaban J connectivity index is 1.76. The summed E-state index contributed by atoms with van der Waals surface area (Å²) in [5.41, 5.74) is 8.19. The van der Waals surface area contributed by atoms with Gasteiger partial charge in [0.15, 0.2) is 0 Å². The first-order chi connectivity index (χ1) is 16.2. The highest BCUT2D eigenvalue weighted by Gasteiger charge is 2.46. The molecule has 2 aliphatic carbocycles. The Morgan fingerprint density at radius 3 is 2.44 bits per heavy atom. The van der Waals surface area contributed by atoms with Crippen molar-refractivity contribution in [2.45, 2.75) is 95.3 Å². The van der Waals surface area contributed by atoms with Crippen LogP contribution in [-0.4, -0.2) is 54.0 Å². The maximum absolute atomic E-state index is 12.0. The lowest BCUT2D eigenvalue weighted by Crippen LogP contribution is -2.59. The van der Waals surface area contributed by atoms with Crippen molar-refractivity contribution < 1.29 is 24.5 Å². The summed E-state index contributed by atoms with van der Waals surface area (Å²) >= 11 is 0. The average Bonchev–Trinajstić information content (AvgIpc) is 2.83. The molecule has 2 aliphatic rings. The number of primary amides is 1. The van der Waals surface area contributed by atoms with Crippen molar-refractivity contribution in [3.05, 3.63) is 34.9 Å². The molecule has 1 saturated carbocycles. The molecule has 0 bridgehead atoms. The van der Waals surface area contributed by atoms with Gasteiger partial charge in [0.05, 0.1) is 18.1 Å². The van der Waals surface area contributed by atoms with Gasteiger partial charge in [-0.1, -0.05) is 19.9 Å². The van der Waals surface area contributed by atoms with Gasteiger partial charge in [0.2, 0.25) is 5.91 Å². The summed E-state index contributed by atoms with van der Waals surface area (Å²) in [6, 6.07) is 5.74. The molecule has 1 aromatic carbocycles. The zero-order valence-electron chi connectivity index (χ0n) is 20.9. The van der Waals surface area contributed by atoms with E-state index < -0.39 is 17.8 Å². The lowest BCUT2D eigenvalue weighted by molar-refractivity contribution is -0.142. The fraction of sp³-hybridized carbons (Fsp3) is 0.704. The molecule has 0 saturated heterocycles. The maximum atomic E-state index is 12.0. The molecule has 1 aromatic rings. The van der Waals surface area contributed by atoms with Gasteiger partial charge in [0, 0.05) is 30.6 Å². The number of fused-ring (bicyclic) bond motifs is 1. The summed E-state index contributed by atoms with van der Waals surface area (Å²) in [7, 11) is 1.73. The second-order valence-electron chi connectivity index (χ2n) is 10.2. The zero-order chi connectivity index (χ0) is 24.9. The molecule has 5 N–H and O–H groups in total. The number of hydrogen-bond donors (Lipinski definition) is 4. The Morgan fingerprint density at radius 1 is 1.21 bits per heavy atom. The Hall–Kier alpha value is -1.96. The highest BCUT2D eigenvalue weighted by atomic mass is 16.5. The number of nitrogens with two attached hydrogens (primary N) is 1. The number of benzene rings is 1. The van der Waals surface area contributed by atoms with Crippen molar-refractivity contribution in [1.82, 2.24) is 5.32 Å². The van der Waals surface area contributed by atoms with Crippen LogP contribution in [0, 0.1) is 11.8 Å². The zero-order valence-corrected chi connectivity index (χ0v) is 20.9. The molecule has 190 valence electrons. The van der Waals surface area contributed by atoms with Gasteiger partial charge in [-0.3, -0.25) is 9.59 Å². The third-order valence-electron chi connectivity index (χ3n) is 8.52. The van der Waals surface area contributed by atoms with Crippen LogP contribution in [-0.2, 0) is 21.4 Å². The molecule has 0 aromatic heterocycles. The van der Waals surface area contributed by atoms with E-state index in [4.69, 9.17) is 10.5 Å². The molecule has 0 aliphatic heterocycles. The van der Waals surface area contributed by atoms with Crippen molar-refractivity contribution in [3.8, 4) is 0 Å². The number of methoxy groups -OCH3 is 1. The van der Waals surface area contributed by atoms with E-state index in [2.05, 4.69) is 19.2 Å². The number of carbonyl (C=O) groups excluding carboxylic acids is 1. The number of aliphatic hydroxyl groups is 1. The van der Waals surface area contributed by atoms with E-state index in [9.17, 15) is 19.8 Å². The Kier molecular flexibility index (Phi) is 9.13. The monoisotopic (exact) mass is 474 g/mol. The van der Waals surface area contributed by atoms with Crippen molar-refractivity contribution >= 4 is 11.9 Å². The van der Waals surface area contributed by atoms with Crippen LogP contribution in [0.1, 0.15) is 86.7 Å². The summed E-state index contributed by atoms with van der Waals surface area (Å²) < 4.78 is 5.94. The van der Waals surface area contributed by atoms with Crippen LogP contribution in [0.4, 0.5) is 0 Å². The predicted molar refractivity (Wildman–Crippen MR) is 132 cm³/mol. The number of aliphatic hydroxyl groups excluding tert-OH is 1. The number of rotatable bonds is 11. The van der Waals surface area contributed by atoms with Crippen LogP contribution in [0.3, 0.4) is 0 Å². The Morgan fingerprint density at radius 2 is 1.88 bits per heavy atom.